The number of benzene rings is 1. The first kappa shape index (κ1) is 21.5. The average Bonchev–Trinajstić information content (AvgIpc) is 3.10. The summed E-state index contributed by atoms with van der Waals surface area (Å²) in [6.45, 7) is 8.95. The molecule has 0 aliphatic carbocycles. The highest BCUT2D eigenvalue weighted by Crippen LogP contribution is 2.45. The molecule has 0 radical (unpaired) electrons. The van der Waals surface area contributed by atoms with Crippen LogP contribution in [0.25, 0.3) is 21.3 Å². The number of carbonyl (C=O) groups excluding carboxylic acids is 2. The fourth-order valence-electron chi connectivity index (χ4n) is 4.10. The van der Waals surface area contributed by atoms with Gasteiger partial charge in [-0.25, -0.2) is 4.98 Å². The van der Waals surface area contributed by atoms with Crippen LogP contribution in [0.15, 0.2) is 24.3 Å². The third-order valence-electron chi connectivity index (χ3n) is 5.85. The lowest BCUT2D eigenvalue weighted by Crippen LogP contribution is -2.33. The van der Waals surface area contributed by atoms with Crippen molar-refractivity contribution in [3.8, 4) is 16.9 Å². The number of fused-ring (bicyclic) bond motifs is 3. The van der Waals surface area contributed by atoms with Crippen molar-refractivity contribution in [2.75, 3.05) is 6.54 Å². The second-order valence-corrected chi connectivity index (χ2v) is 9.30. The van der Waals surface area contributed by atoms with Crippen molar-refractivity contribution < 1.29 is 14.3 Å². The van der Waals surface area contributed by atoms with Gasteiger partial charge >= 0.3 is 5.97 Å². The van der Waals surface area contributed by atoms with Crippen LogP contribution in [0.4, 0.5) is 0 Å². The molecule has 162 valence electrons. The molecule has 0 bridgehead atoms. The fourth-order valence-corrected chi connectivity index (χ4v) is 5.39. The maximum Gasteiger partial charge on any atom is 0.311 e. The molecule has 1 aliphatic heterocycles. The maximum atomic E-state index is 12.6. The van der Waals surface area contributed by atoms with E-state index in [1.807, 2.05) is 11.8 Å². The minimum absolute atomic E-state index is 0.0940. The molecule has 0 spiro atoms. The number of ether oxygens (including phenoxy) is 1. The zero-order valence-corrected chi connectivity index (χ0v) is 19.4. The monoisotopic (exact) mass is 436 g/mol. The molecule has 0 atom stereocenters. The standard InChI is InChI=1S/C25H28N2O3S/c1-5-6-7-21(29)30-24-16(3)26-25-23(22(24)18-10-8-15(2)9-11-18)19-12-13-27(17(4)28)14-20(19)31-25/h8-11H,5-7,12-14H2,1-4H3. The largest absolute Gasteiger partial charge is 0.424 e. The normalized spacial score (nSPS) is 13.4. The van der Waals surface area contributed by atoms with Gasteiger partial charge in [0.2, 0.25) is 5.91 Å². The number of rotatable bonds is 5. The molecule has 3 heterocycles. The van der Waals surface area contributed by atoms with E-state index in [1.54, 1.807) is 18.3 Å². The summed E-state index contributed by atoms with van der Waals surface area (Å²) in [5, 5.41) is 1.07. The van der Waals surface area contributed by atoms with Crippen LogP contribution in [0.1, 0.15) is 54.8 Å². The van der Waals surface area contributed by atoms with Crippen molar-refractivity contribution in [1.82, 2.24) is 9.88 Å². The predicted octanol–water partition coefficient (Wildman–Crippen LogP) is 5.58. The SMILES string of the molecule is CCCCC(=O)Oc1c(C)nc2sc3c(c2c1-c1ccc(C)cc1)CCN(C(C)=O)C3. The number of unbranched alkanes of at least 4 members (excludes halogenated alkanes) is 1. The van der Waals surface area contributed by atoms with Gasteiger partial charge in [-0.1, -0.05) is 43.2 Å². The molecule has 0 fully saturated rings. The molecule has 0 saturated heterocycles. The minimum atomic E-state index is -0.216. The Kier molecular flexibility index (Phi) is 6.10. The molecule has 2 aromatic heterocycles. The third-order valence-corrected chi connectivity index (χ3v) is 6.96. The topological polar surface area (TPSA) is 59.5 Å². The maximum absolute atomic E-state index is 12.6. The smallest absolute Gasteiger partial charge is 0.311 e. The van der Waals surface area contributed by atoms with Crippen LogP contribution in [-0.2, 0) is 22.6 Å². The average molecular weight is 437 g/mol. The highest BCUT2D eigenvalue weighted by molar-refractivity contribution is 7.19. The Hall–Kier alpha value is -2.73. The Morgan fingerprint density at radius 3 is 2.61 bits per heavy atom. The molecule has 1 aromatic carbocycles. The first-order chi connectivity index (χ1) is 14.9. The van der Waals surface area contributed by atoms with Crippen LogP contribution in [0, 0.1) is 13.8 Å². The van der Waals surface area contributed by atoms with Gasteiger partial charge in [0.15, 0.2) is 5.75 Å². The lowest BCUT2D eigenvalue weighted by atomic mass is 9.95. The first-order valence-electron chi connectivity index (χ1n) is 10.9. The summed E-state index contributed by atoms with van der Waals surface area (Å²) in [5.41, 5.74) is 5.09. The minimum Gasteiger partial charge on any atom is -0.424 e. The number of nitrogens with zero attached hydrogens (tertiary/aromatic N) is 2. The molecular weight excluding hydrogens is 408 g/mol. The summed E-state index contributed by atoms with van der Waals surface area (Å²) in [6, 6.07) is 8.33. The van der Waals surface area contributed by atoms with E-state index in [2.05, 4.69) is 38.1 Å². The number of thiophene rings is 1. The summed E-state index contributed by atoms with van der Waals surface area (Å²) in [4.78, 5) is 33.3. The van der Waals surface area contributed by atoms with Crippen molar-refractivity contribution in [2.45, 2.75) is 59.9 Å². The summed E-state index contributed by atoms with van der Waals surface area (Å²) in [7, 11) is 0. The molecular formula is C25H28N2O3S. The number of aryl methyl sites for hydroxylation is 2. The Morgan fingerprint density at radius 1 is 1.19 bits per heavy atom. The molecule has 1 amide bonds. The summed E-state index contributed by atoms with van der Waals surface area (Å²) < 4.78 is 5.93. The second kappa shape index (κ2) is 8.79. The number of hydrogen-bond acceptors (Lipinski definition) is 5. The van der Waals surface area contributed by atoms with E-state index in [0.717, 1.165) is 46.3 Å². The van der Waals surface area contributed by atoms with Gasteiger partial charge in [-0.05, 0) is 37.8 Å². The molecule has 31 heavy (non-hydrogen) atoms. The van der Waals surface area contributed by atoms with Crippen molar-refractivity contribution in [1.29, 1.82) is 0 Å². The third kappa shape index (κ3) is 4.22. The lowest BCUT2D eigenvalue weighted by molar-refractivity contribution is -0.134. The van der Waals surface area contributed by atoms with Crippen LogP contribution in [-0.4, -0.2) is 28.3 Å². The van der Waals surface area contributed by atoms with Gasteiger partial charge < -0.3 is 9.64 Å². The Bertz CT molecular complexity index is 1150. The van der Waals surface area contributed by atoms with Crippen LogP contribution < -0.4 is 4.74 Å². The molecule has 3 aromatic rings. The summed E-state index contributed by atoms with van der Waals surface area (Å²) in [5.74, 6) is 0.440. The van der Waals surface area contributed by atoms with E-state index >= 15 is 0 Å². The second-order valence-electron chi connectivity index (χ2n) is 8.22. The molecule has 0 unspecified atom stereocenters. The van der Waals surface area contributed by atoms with Gasteiger partial charge in [0.05, 0.1) is 12.2 Å². The highest BCUT2D eigenvalue weighted by Gasteiger charge is 2.28. The van der Waals surface area contributed by atoms with Crippen molar-refractivity contribution in [3.05, 3.63) is 46.0 Å². The molecule has 5 nitrogen and oxygen atoms in total. The molecule has 0 N–H and O–H groups in total. The zero-order chi connectivity index (χ0) is 22.1. The van der Waals surface area contributed by atoms with E-state index in [1.165, 1.54) is 16.0 Å². The lowest BCUT2D eigenvalue weighted by Gasteiger charge is -2.26. The zero-order valence-electron chi connectivity index (χ0n) is 18.6. The van der Waals surface area contributed by atoms with Gasteiger partial charge in [-0.15, -0.1) is 11.3 Å². The number of aromatic nitrogens is 1. The van der Waals surface area contributed by atoms with E-state index < -0.39 is 0 Å². The van der Waals surface area contributed by atoms with E-state index in [0.29, 0.717) is 25.3 Å². The van der Waals surface area contributed by atoms with E-state index in [4.69, 9.17) is 9.72 Å². The summed E-state index contributed by atoms with van der Waals surface area (Å²) in [6.07, 6.45) is 2.93. The molecule has 4 rings (SSSR count). The number of carbonyl (C=O) groups is 2. The number of pyridine rings is 1. The Balaban J connectivity index is 1.91. The summed E-state index contributed by atoms with van der Waals surface area (Å²) >= 11 is 1.64. The number of amides is 1. The predicted molar refractivity (Wildman–Crippen MR) is 124 cm³/mol. The quantitative estimate of drug-likeness (QED) is 0.490. The van der Waals surface area contributed by atoms with Crippen LogP contribution >= 0.6 is 11.3 Å². The van der Waals surface area contributed by atoms with Gasteiger partial charge in [0, 0.05) is 35.7 Å². The van der Waals surface area contributed by atoms with Gasteiger partial charge in [-0.2, -0.15) is 0 Å². The molecule has 0 saturated carbocycles. The van der Waals surface area contributed by atoms with Crippen LogP contribution in [0.3, 0.4) is 0 Å². The first-order valence-corrected chi connectivity index (χ1v) is 11.7. The van der Waals surface area contributed by atoms with Gasteiger partial charge in [0.25, 0.3) is 0 Å². The van der Waals surface area contributed by atoms with Crippen molar-refractivity contribution in [3.63, 3.8) is 0 Å². The van der Waals surface area contributed by atoms with Gasteiger partial charge in [0.1, 0.15) is 4.83 Å². The fraction of sp³-hybridized carbons (Fsp3) is 0.400. The van der Waals surface area contributed by atoms with Crippen molar-refractivity contribution >= 4 is 33.4 Å². The number of hydrogen-bond donors (Lipinski definition) is 0. The van der Waals surface area contributed by atoms with E-state index in [-0.39, 0.29) is 11.9 Å². The number of esters is 1. The molecule has 1 aliphatic rings. The van der Waals surface area contributed by atoms with Gasteiger partial charge in [-0.3, -0.25) is 9.59 Å². The van der Waals surface area contributed by atoms with E-state index in [9.17, 15) is 9.59 Å². The Morgan fingerprint density at radius 2 is 1.94 bits per heavy atom. The van der Waals surface area contributed by atoms with Crippen LogP contribution in [0.5, 0.6) is 5.75 Å². The Labute approximate surface area is 187 Å². The van der Waals surface area contributed by atoms with Crippen molar-refractivity contribution in [2.24, 2.45) is 0 Å². The molecule has 6 heteroatoms. The highest BCUT2D eigenvalue weighted by atomic mass is 32.1. The van der Waals surface area contributed by atoms with Crippen LogP contribution in [0.2, 0.25) is 0 Å².